The van der Waals surface area contributed by atoms with Gasteiger partial charge in [-0.2, -0.15) is 5.26 Å². The summed E-state index contributed by atoms with van der Waals surface area (Å²) < 4.78 is 8.82. The van der Waals surface area contributed by atoms with Crippen LogP contribution in [0.1, 0.15) is 30.5 Å². The van der Waals surface area contributed by atoms with Crippen LogP contribution in [0.25, 0.3) is 76.5 Å². The minimum atomic E-state index is -0.118. The quantitative estimate of drug-likeness (QED) is 0.193. The molecule has 210 valence electrons. The van der Waals surface area contributed by atoms with Crippen molar-refractivity contribution in [2.75, 3.05) is 0 Å². The molecule has 4 heteroatoms. The maximum absolute atomic E-state index is 9.66. The van der Waals surface area contributed by atoms with Gasteiger partial charge in [-0.05, 0) is 76.3 Å². The molecule has 0 aliphatic heterocycles. The Hall–Kier alpha value is -6.10. The summed E-state index contributed by atoms with van der Waals surface area (Å²) in [6, 6.07) is 41.8. The highest BCUT2D eigenvalue weighted by Crippen LogP contribution is 2.51. The van der Waals surface area contributed by atoms with Crippen molar-refractivity contribution in [1.82, 2.24) is 4.57 Å². The first-order chi connectivity index (χ1) is 22.0. The molecule has 0 N–H and O–H groups in total. The number of aromatic nitrogens is 1. The van der Waals surface area contributed by atoms with E-state index in [1.54, 1.807) is 0 Å². The monoisotopic (exact) mass is 575 g/mol. The van der Waals surface area contributed by atoms with E-state index in [-0.39, 0.29) is 5.41 Å². The fourth-order valence-electron chi connectivity index (χ4n) is 7.55. The van der Waals surface area contributed by atoms with Gasteiger partial charge in [0.2, 0.25) is 0 Å². The van der Waals surface area contributed by atoms with Gasteiger partial charge < -0.3 is 8.98 Å². The Kier molecular flexibility index (Phi) is 5.06. The first-order valence-corrected chi connectivity index (χ1v) is 15.0. The van der Waals surface area contributed by atoms with Gasteiger partial charge in [-0.3, -0.25) is 0 Å². The molecular weight excluding hydrogens is 550 g/mol. The molecule has 2 heterocycles. The van der Waals surface area contributed by atoms with Crippen molar-refractivity contribution >= 4 is 49.4 Å². The Morgan fingerprint density at radius 2 is 1.47 bits per heavy atom. The molecule has 1 aliphatic carbocycles. The van der Waals surface area contributed by atoms with Crippen molar-refractivity contribution in [1.29, 1.82) is 5.26 Å². The molecular formula is C41H25N3O. The van der Waals surface area contributed by atoms with Crippen LogP contribution in [0.4, 0.5) is 5.69 Å². The van der Waals surface area contributed by atoms with Gasteiger partial charge in [0, 0.05) is 38.2 Å². The SMILES string of the molecule is [C-]#[N+]c1ccc(-c2cccc3oc4cc5c(cc4c23)-c2ccccc2C5(C)C)c(-n2c3ccccc3c3cc(C#N)ccc32)c1. The molecule has 0 atom stereocenters. The third-order valence-electron chi connectivity index (χ3n) is 9.64. The van der Waals surface area contributed by atoms with E-state index in [4.69, 9.17) is 11.0 Å². The Morgan fingerprint density at radius 1 is 0.667 bits per heavy atom. The number of hydrogen-bond donors (Lipinski definition) is 0. The lowest BCUT2D eigenvalue weighted by Crippen LogP contribution is -2.14. The molecule has 0 fully saturated rings. The standard InChI is InChI=1S/C41H25N3O/c1-41(2)33-12-6-4-9-26(33)30-21-32-39(22-34(30)41)45-38-14-8-11-29(40(32)38)28-17-16-25(43-3)20-37(28)44-35-13-7-5-10-27(35)31-19-24(23-42)15-18-36(31)44/h4-22H,1-2H3. The number of para-hydroxylation sites is 1. The van der Waals surface area contributed by atoms with Gasteiger partial charge >= 0.3 is 0 Å². The van der Waals surface area contributed by atoms with E-state index in [1.807, 2.05) is 54.6 Å². The molecule has 4 nitrogen and oxygen atoms in total. The van der Waals surface area contributed by atoms with E-state index in [9.17, 15) is 5.26 Å². The Morgan fingerprint density at radius 3 is 2.33 bits per heavy atom. The molecule has 0 saturated heterocycles. The number of nitrogens with zero attached hydrogens (tertiary/aromatic N) is 3. The van der Waals surface area contributed by atoms with Gasteiger partial charge in [0.15, 0.2) is 5.69 Å². The molecule has 0 saturated carbocycles. The Labute approximate surface area is 259 Å². The number of nitriles is 1. The van der Waals surface area contributed by atoms with Crippen molar-refractivity contribution in [2.24, 2.45) is 0 Å². The van der Waals surface area contributed by atoms with Crippen molar-refractivity contribution in [2.45, 2.75) is 19.3 Å². The molecule has 1 aliphatic rings. The van der Waals surface area contributed by atoms with E-state index < -0.39 is 0 Å². The molecule has 0 radical (unpaired) electrons. The van der Waals surface area contributed by atoms with Crippen LogP contribution >= 0.6 is 0 Å². The molecule has 8 aromatic rings. The summed E-state index contributed by atoms with van der Waals surface area (Å²) in [4.78, 5) is 3.81. The first kappa shape index (κ1) is 25.4. The molecule has 45 heavy (non-hydrogen) atoms. The van der Waals surface area contributed by atoms with Gasteiger partial charge in [0.1, 0.15) is 11.2 Å². The van der Waals surface area contributed by atoms with E-state index >= 15 is 0 Å². The van der Waals surface area contributed by atoms with Gasteiger partial charge in [0.25, 0.3) is 0 Å². The number of fused-ring (bicyclic) bond motifs is 9. The summed E-state index contributed by atoms with van der Waals surface area (Å²) in [5.41, 5.74) is 12.9. The van der Waals surface area contributed by atoms with Crippen LogP contribution in [0.3, 0.4) is 0 Å². The van der Waals surface area contributed by atoms with Crippen molar-refractivity contribution in [3.05, 3.63) is 143 Å². The number of benzene rings is 6. The molecule has 0 unspecified atom stereocenters. The topological polar surface area (TPSA) is 46.2 Å². The smallest absolute Gasteiger partial charge is 0.189 e. The van der Waals surface area contributed by atoms with Crippen LogP contribution in [0.5, 0.6) is 0 Å². The lowest BCUT2D eigenvalue weighted by molar-refractivity contribution is 0.647. The highest BCUT2D eigenvalue weighted by atomic mass is 16.3. The van der Waals surface area contributed by atoms with E-state index in [1.165, 1.54) is 22.3 Å². The van der Waals surface area contributed by atoms with Gasteiger partial charge in [-0.15, -0.1) is 0 Å². The largest absolute Gasteiger partial charge is 0.456 e. The summed E-state index contributed by atoms with van der Waals surface area (Å²) in [5, 5.41) is 13.9. The number of hydrogen-bond acceptors (Lipinski definition) is 2. The second-order valence-electron chi connectivity index (χ2n) is 12.4. The zero-order chi connectivity index (χ0) is 30.4. The van der Waals surface area contributed by atoms with E-state index in [0.29, 0.717) is 11.3 Å². The number of furan rings is 1. The second-order valence-corrected chi connectivity index (χ2v) is 12.4. The predicted octanol–water partition coefficient (Wildman–Crippen LogP) is 11.1. The van der Waals surface area contributed by atoms with Crippen LogP contribution in [0.2, 0.25) is 0 Å². The summed E-state index contributed by atoms with van der Waals surface area (Å²) in [6.07, 6.45) is 0. The third kappa shape index (κ3) is 3.40. The van der Waals surface area contributed by atoms with Crippen LogP contribution in [-0.4, -0.2) is 4.57 Å². The van der Waals surface area contributed by atoms with Crippen molar-refractivity contribution in [3.8, 4) is 34.0 Å². The van der Waals surface area contributed by atoms with Crippen LogP contribution in [-0.2, 0) is 5.41 Å². The third-order valence-corrected chi connectivity index (χ3v) is 9.64. The zero-order valence-electron chi connectivity index (χ0n) is 24.7. The van der Waals surface area contributed by atoms with Crippen LogP contribution < -0.4 is 0 Å². The highest BCUT2D eigenvalue weighted by Gasteiger charge is 2.36. The van der Waals surface area contributed by atoms with Gasteiger partial charge in [0.05, 0.1) is 29.2 Å². The van der Waals surface area contributed by atoms with Crippen LogP contribution in [0.15, 0.2) is 120 Å². The Balaban J connectivity index is 1.38. The molecule has 0 bridgehead atoms. The van der Waals surface area contributed by atoms with Crippen LogP contribution in [0, 0.1) is 17.9 Å². The highest BCUT2D eigenvalue weighted by molar-refractivity contribution is 6.16. The lowest BCUT2D eigenvalue weighted by atomic mass is 9.82. The lowest BCUT2D eigenvalue weighted by Gasteiger charge is -2.21. The number of rotatable bonds is 2. The van der Waals surface area contributed by atoms with Gasteiger partial charge in [-0.25, -0.2) is 4.85 Å². The van der Waals surface area contributed by atoms with E-state index in [2.05, 4.69) is 90.0 Å². The van der Waals surface area contributed by atoms with Gasteiger partial charge in [-0.1, -0.05) is 80.6 Å². The average molecular weight is 576 g/mol. The van der Waals surface area contributed by atoms with Crippen molar-refractivity contribution < 1.29 is 4.42 Å². The molecule has 6 aromatic carbocycles. The normalized spacial score (nSPS) is 13.2. The zero-order valence-corrected chi connectivity index (χ0v) is 24.7. The fourth-order valence-corrected chi connectivity index (χ4v) is 7.55. The minimum Gasteiger partial charge on any atom is -0.456 e. The maximum atomic E-state index is 9.66. The molecule has 9 rings (SSSR count). The Bertz CT molecular complexity index is 2650. The van der Waals surface area contributed by atoms with E-state index in [0.717, 1.165) is 60.6 Å². The summed E-state index contributed by atoms with van der Waals surface area (Å²) in [6.45, 7) is 12.4. The predicted molar refractivity (Wildman–Crippen MR) is 182 cm³/mol. The van der Waals surface area contributed by atoms with Crippen molar-refractivity contribution in [3.63, 3.8) is 0 Å². The molecule has 2 aromatic heterocycles. The average Bonchev–Trinajstić information content (AvgIpc) is 3.69. The first-order valence-electron chi connectivity index (χ1n) is 15.0. The minimum absolute atomic E-state index is 0.118. The summed E-state index contributed by atoms with van der Waals surface area (Å²) >= 11 is 0. The molecule has 0 amide bonds. The molecule has 0 spiro atoms. The second kappa shape index (κ2) is 8.96. The summed E-state index contributed by atoms with van der Waals surface area (Å²) in [7, 11) is 0. The summed E-state index contributed by atoms with van der Waals surface area (Å²) in [5.74, 6) is 0. The maximum Gasteiger partial charge on any atom is 0.189 e. The fraction of sp³-hybridized carbons (Fsp3) is 0.0732.